The van der Waals surface area contributed by atoms with Gasteiger partial charge in [0.15, 0.2) is 0 Å². The number of pyridine rings is 1. The van der Waals surface area contributed by atoms with Gasteiger partial charge >= 0.3 is 0 Å². The zero-order valence-electron chi connectivity index (χ0n) is 10.7. The summed E-state index contributed by atoms with van der Waals surface area (Å²) in [7, 11) is -2.20. The highest BCUT2D eigenvalue weighted by atomic mass is 35.5. The summed E-state index contributed by atoms with van der Waals surface area (Å²) >= 11 is 5.85. The third kappa shape index (κ3) is 3.47. The van der Waals surface area contributed by atoms with Crippen LogP contribution in [0, 0.1) is 0 Å². The van der Waals surface area contributed by atoms with E-state index in [1.54, 1.807) is 18.0 Å². The minimum absolute atomic E-state index is 0.0775. The number of hydrogen-bond donors (Lipinski definition) is 1. The summed E-state index contributed by atoms with van der Waals surface area (Å²) in [6.45, 7) is 1.02. The Bertz CT molecular complexity index is 686. The summed E-state index contributed by atoms with van der Waals surface area (Å²) in [6, 6.07) is 1.41. The Balaban J connectivity index is 2.16. The third-order valence-electron chi connectivity index (χ3n) is 2.43. The number of nitrogens with one attached hydrogen (secondary N) is 1. The molecular formula is C11H13ClN4O3S. The number of anilines is 1. The van der Waals surface area contributed by atoms with Gasteiger partial charge in [-0.2, -0.15) is 5.10 Å². The van der Waals surface area contributed by atoms with Gasteiger partial charge in [-0.3, -0.25) is 14.4 Å². The number of hydrogen-bond acceptors (Lipinski definition) is 5. The van der Waals surface area contributed by atoms with Crippen LogP contribution in [0.2, 0.25) is 5.02 Å². The number of methoxy groups -OCH3 is 1. The second kappa shape index (κ2) is 6.21. The van der Waals surface area contributed by atoms with Crippen LogP contribution in [0.25, 0.3) is 0 Å². The molecular weight excluding hydrogens is 304 g/mol. The molecule has 0 amide bonds. The molecule has 20 heavy (non-hydrogen) atoms. The van der Waals surface area contributed by atoms with E-state index in [0.717, 1.165) is 0 Å². The first-order valence-corrected chi connectivity index (χ1v) is 7.53. The first kappa shape index (κ1) is 14.8. The van der Waals surface area contributed by atoms with Gasteiger partial charge < -0.3 is 4.74 Å². The Hall–Kier alpha value is -1.64. The van der Waals surface area contributed by atoms with Crippen molar-refractivity contribution in [2.75, 3.05) is 18.4 Å². The van der Waals surface area contributed by atoms with Gasteiger partial charge in [-0.05, 0) is 6.07 Å². The molecule has 0 aliphatic carbocycles. The Morgan fingerprint density at radius 2 is 2.25 bits per heavy atom. The summed E-state index contributed by atoms with van der Waals surface area (Å²) in [4.78, 5) is 3.68. The molecule has 0 bridgehead atoms. The molecule has 0 aliphatic rings. The molecule has 108 valence electrons. The van der Waals surface area contributed by atoms with E-state index in [2.05, 4.69) is 14.8 Å². The van der Waals surface area contributed by atoms with E-state index in [1.165, 1.54) is 24.7 Å². The zero-order chi connectivity index (χ0) is 14.6. The smallest absolute Gasteiger partial charge is 0.265 e. The van der Waals surface area contributed by atoms with Gasteiger partial charge in [-0.15, -0.1) is 0 Å². The van der Waals surface area contributed by atoms with Gasteiger partial charge in [0.2, 0.25) is 0 Å². The van der Waals surface area contributed by atoms with Crippen molar-refractivity contribution < 1.29 is 13.2 Å². The fourth-order valence-corrected chi connectivity index (χ4v) is 2.95. The largest absolute Gasteiger partial charge is 0.383 e. The lowest BCUT2D eigenvalue weighted by Gasteiger charge is -2.06. The van der Waals surface area contributed by atoms with Crippen molar-refractivity contribution in [3.05, 3.63) is 35.9 Å². The number of halogens is 1. The fraction of sp³-hybridized carbons (Fsp3) is 0.273. The molecule has 0 saturated heterocycles. The lowest BCUT2D eigenvalue weighted by Crippen LogP contribution is -2.13. The van der Waals surface area contributed by atoms with Crippen molar-refractivity contribution in [2.45, 2.75) is 11.4 Å². The number of ether oxygens (including phenoxy) is 1. The lowest BCUT2D eigenvalue weighted by molar-refractivity contribution is 0.183. The quantitative estimate of drug-likeness (QED) is 0.870. The average Bonchev–Trinajstić information content (AvgIpc) is 2.83. The van der Waals surface area contributed by atoms with Crippen molar-refractivity contribution in [3.8, 4) is 0 Å². The number of sulfonamides is 1. The van der Waals surface area contributed by atoms with Crippen LogP contribution in [0.3, 0.4) is 0 Å². The van der Waals surface area contributed by atoms with Crippen molar-refractivity contribution >= 4 is 27.3 Å². The first-order valence-electron chi connectivity index (χ1n) is 5.66. The first-order chi connectivity index (χ1) is 9.53. The SMILES string of the molecule is COCCn1cc(NS(=O)(=O)c2cnccc2Cl)cn1. The van der Waals surface area contributed by atoms with Gasteiger partial charge in [-0.25, -0.2) is 8.42 Å². The number of aromatic nitrogens is 3. The molecule has 2 aromatic heterocycles. The van der Waals surface area contributed by atoms with Crippen LogP contribution in [-0.2, 0) is 21.3 Å². The summed E-state index contributed by atoms with van der Waals surface area (Å²) in [5.41, 5.74) is 0.348. The van der Waals surface area contributed by atoms with Crippen molar-refractivity contribution in [2.24, 2.45) is 0 Å². The summed E-state index contributed by atoms with van der Waals surface area (Å²) in [5.74, 6) is 0. The van der Waals surface area contributed by atoms with Gasteiger partial charge in [0.1, 0.15) is 4.90 Å². The Morgan fingerprint density at radius 1 is 1.45 bits per heavy atom. The van der Waals surface area contributed by atoms with Crippen LogP contribution in [0.15, 0.2) is 35.7 Å². The normalized spacial score (nSPS) is 11.5. The molecule has 0 aromatic carbocycles. The molecule has 0 fully saturated rings. The second-order valence-corrected chi connectivity index (χ2v) is 5.95. The molecule has 1 N–H and O–H groups in total. The van der Waals surface area contributed by atoms with E-state index < -0.39 is 10.0 Å². The van der Waals surface area contributed by atoms with Gasteiger partial charge in [0, 0.05) is 25.7 Å². The van der Waals surface area contributed by atoms with Crippen molar-refractivity contribution in [3.63, 3.8) is 0 Å². The van der Waals surface area contributed by atoms with Gasteiger partial charge in [0.05, 0.1) is 30.1 Å². The minimum atomic E-state index is -3.78. The Kier molecular flexibility index (Phi) is 4.58. The highest BCUT2D eigenvalue weighted by Crippen LogP contribution is 2.21. The lowest BCUT2D eigenvalue weighted by atomic mass is 10.5. The van der Waals surface area contributed by atoms with E-state index >= 15 is 0 Å². The molecule has 7 nitrogen and oxygen atoms in total. The number of rotatable bonds is 6. The Labute approximate surface area is 121 Å². The zero-order valence-corrected chi connectivity index (χ0v) is 12.2. The molecule has 0 unspecified atom stereocenters. The van der Waals surface area contributed by atoms with Crippen molar-refractivity contribution in [1.29, 1.82) is 0 Å². The average molecular weight is 317 g/mol. The highest BCUT2D eigenvalue weighted by molar-refractivity contribution is 7.92. The van der Waals surface area contributed by atoms with Crippen LogP contribution in [0.5, 0.6) is 0 Å². The van der Waals surface area contributed by atoms with Crippen LogP contribution in [0.1, 0.15) is 0 Å². The summed E-state index contributed by atoms with van der Waals surface area (Å²) in [5, 5.41) is 4.13. The van der Waals surface area contributed by atoms with E-state index in [-0.39, 0.29) is 9.92 Å². The van der Waals surface area contributed by atoms with Crippen LogP contribution in [0.4, 0.5) is 5.69 Å². The molecule has 0 spiro atoms. The minimum Gasteiger partial charge on any atom is -0.383 e. The molecule has 2 heterocycles. The number of nitrogens with zero attached hydrogens (tertiary/aromatic N) is 3. The molecule has 0 radical (unpaired) electrons. The standard InChI is InChI=1S/C11H13ClN4O3S/c1-19-5-4-16-8-9(6-14-16)15-20(17,18)11-7-13-3-2-10(11)12/h2-3,6-8,15H,4-5H2,1H3. The van der Waals surface area contributed by atoms with Crippen LogP contribution >= 0.6 is 11.6 Å². The van der Waals surface area contributed by atoms with Gasteiger partial charge in [-0.1, -0.05) is 11.6 Å². The molecule has 9 heteroatoms. The van der Waals surface area contributed by atoms with E-state index in [0.29, 0.717) is 18.8 Å². The van der Waals surface area contributed by atoms with Crippen molar-refractivity contribution in [1.82, 2.24) is 14.8 Å². The maximum atomic E-state index is 12.1. The monoisotopic (exact) mass is 316 g/mol. The van der Waals surface area contributed by atoms with Crippen LogP contribution in [-0.4, -0.2) is 36.9 Å². The third-order valence-corrected chi connectivity index (χ3v) is 4.28. The predicted molar refractivity (Wildman–Crippen MR) is 74.2 cm³/mol. The molecule has 0 atom stereocenters. The Morgan fingerprint density at radius 3 is 2.95 bits per heavy atom. The fourth-order valence-electron chi connectivity index (χ4n) is 1.49. The summed E-state index contributed by atoms with van der Waals surface area (Å²) in [6.07, 6.45) is 5.60. The van der Waals surface area contributed by atoms with E-state index in [1.807, 2.05) is 0 Å². The maximum Gasteiger partial charge on any atom is 0.265 e. The predicted octanol–water partition coefficient (Wildman–Crippen LogP) is 1.38. The second-order valence-electron chi connectivity index (χ2n) is 3.90. The van der Waals surface area contributed by atoms with Gasteiger partial charge in [0.25, 0.3) is 10.0 Å². The van der Waals surface area contributed by atoms with Crippen LogP contribution < -0.4 is 4.72 Å². The van der Waals surface area contributed by atoms with E-state index in [4.69, 9.17) is 16.3 Å². The highest BCUT2D eigenvalue weighted by Gasteiger charge is 2.18. The molecule has 0 aliphatic heterocycles. The summed E-state index contributed by atoms with van der Waals surface area (Å²) < 4.78 is 33.2. The van der Waals surface area contributed by atoms with E-state index in [9.17, 15) is 8.42 Å². The maximum absolute atomic E-state index is 12.1. The topological polar surface area (TPSA) is 86.1 Å². The molecule has 2 rings (SSSR count). The molecule has 2 aromatic rings. The molecule has 0 saturated carbocycles.